The lowest BCUT2D eigenvalue weighted by Crippen LogP contribution is -2.30. The molecule has 1 aromatic heterocycles. The number of aromatic nitrogens is 2. The maximum absolute atomic E-state index is 12.6. The number of rotatable bonds is 8. The van der Waals surface area contributed by atoms with Crippen LogP contribution in [0, 0.1) is 6.92 Å². The van der Waals surface area contributed by atoms with Crippen LogP contribution < -0.4 is 5.32 Å². The van der Waals surface area contributed by atoms with Crippen molar-refractivity contribution >= 4 is 27.6 Å². The SMILES string of the molecule is Cc1ccc(S(=O)(=O)N(C)C)cc1NC(=O)C(C)OC(=O)c1cnn(Cc2ccccc2)c1. The number of sulfonamides is 1. The molecule has 1 atom stereocenters. The van der Waals surface area contributed by atoms with Gasteiger partial charge < -0.3 is 10.1 Å². The molecule has 9 nitrogen and oxygen atoms in total. The molecular weight excluding hydrogens is 444 g/mol. The monoisotopic (exact) mass is 470 g/mol. The molecule has 0 radical (unpaired) electrons. The number of ether oxygens (including phenoxy) is 1. The number of carbonyl (C=O) groups excluding carboxylic acids is 2. The molecule has 1 heterocycles. The van der Waals surface area contributed by atoms with Gasteiger partial charge in [0.2, 0.25) is 10.0 Å². The number of carbonyl (C=O) groups is 2. The lowest BCUT2D eigenvalue weighted by Gasteiger charge is -2.16. The summed E-state index contributed by atoms with van der Waals surface area (Å²) in [6, 6.07) is 14.1. The maximum atomic E-state index is 12.6. The van der Waals surface area contributed by atoms with Crippen LogP contribution in [-0.2, 0) is 26.1 Å². The van der Waals surface area contributed by atoms with Gasteiger partial charge in [0.05, 0.1) is 23.2 Å². The minimum absolute atomic E-state index is 0.0453. The standard InChI is InChI=1S/C23H26N4O5S/c1-16-10-11-20(33(30,31)26(3)4)12-21(16)25-22(28)17(2)32-23(29)19-13-24-27(15-19)14-18-8-6-5-7-9-18/h5-13,15,17H,14H2,1-4H3,(H,25,28). The van der Waals surface area contributed by atoms with Gasteiger partial charge in [-0.2, -0.15) is 5.10 Å². The largest absolute Gasteiger partial charge is 0.449 e. The fraction of sp³-hybridized carbons (Fsp3) is 0.261. The van der Waals surface area contributed by atoms with Gasteiger partial charge in [-0.25, -0.2) is 17.5 Å². The van der Waals surface area contributed by atoms with Crippen molar-refractivity contribution in [3.8, 4) is 0 Å². The Labute approximate surface area is 193 Å². The number of amides is 1. The summed E-state index contributed by atoms with van der Waals surface area (Å²) in [4.78, 5) is 25.1. The van der Waals surface area contributed by atoms with Gasteiger partial charge in [-0.1, -0.05) is 36.4 Å². The van der Waals surface area contributed by atoms with Gasteiger partial charge in [0.25, 0.3) is 5.91 Å². The van der Waals surface area contributed by atoms with E-state index in [0.717, 1.165) is 9.87 Å². The molecule has 10 heteroatoms. The van der Waals surface area contributed by atoms with Crippen molar-refractivity contribution in [3.05, 3.63) is 77.6 Å². The second-order valence-corrected chi connectivity index (χ2v) is 9.86. The first-order valence-corrected chi connectivity index (χ1v) is 11.6. The molecular formula is C23H26N4O5S. The second-order valence-electron chi connectivity index (χ2n) is 7.71. The molecule has 0 fully saturated rings. The normalized spacial score (nSPS) is 12.4. The van der Waals surface area contributed by atoms with Gasteiger partial charge in [0, 0.05) is 26.0 Å². The maximum Gasteiger partial charge on any atom is 0.342 e. The Morgan fingerprint density at radius 1 is 1.15 bits per heavy atom. The molecule has 1 amide bonds. The lowest BCUT2D eigenvalue weighted by atomic mass is 10.2. The van der Waals surface area contributed by atoms with Crippen LogP contribution >= 0.6 is 0 Å². The number of esters is 1. The zero-order valence-electron chi connectivity index (χ0n) is 18.8. The number of benzene rings is 2. The Morgan fingerprint density at radius 3 is 2.52 bits per heavy atom. The Balaban J connectivity index is 1.65. The molecule has 0 saturated heterocycles. The minimum atomic E-state index is -3.66. The first kappa shape index (κ1) is 24.1. The van der Waals surface area contributed by atoms with E-state index in [1.54, 1.807) is 23.9 Å². The summed E-state index contributed by atoms with van der Waals surface area (Å²) in [7, 11) is -0.805. The molecule has 3 aromatic rings. The summed E-state index contributed by atoms with van der Waals surface area (Å²) in [5, 5.41) is 6.80. The van der Waals surface area contributed by atoms with E-state index in [1.807, 2.05) is 30.3 Å². The second kappa shape index (κ2) is 9.97. The van der Waals surface area contributed by atoms with Crippen molar-refractivity contribution in [1.82, 2.24) is 14.1 Å². The number of anilines is 1. The van der Waals surface area contributed by atoms with Gasteiger partial charge in [-0.05, 0) is 37.1 Å². The zero-order chi connectivity index (χ0) is 24.2. The average Bonchev–Trinajstić information content (AvgIpc) is 3.24. The third-order valence-electron chi connectivity index (χ3n) is 4.95. The molecule has 1 N–H and O–H groups in total. The van der Waals surface area contributed by atoms with Crippen LogP contribution in [0.4, 0.5) is 5.69 Å². The Morgan fingerprint density at radius 2 is 1.85 bits per heavy atom. The summed E-state index contributed by atoms with van der Waals surface area (Å²) < 4.78 is 32.7. The fourth-order valence-corrected chi connectivity index (χ4v) is 3.88. The van der Waals surface area contributed by atoms with E-state index in [9.17, 15) is 18.0 Å². The predicted octanol–water partition coefficient (Wildman–Crippen LogP) is 2.67. The first-order valence-electron chi connectivity index (χ1n) is 10.2. The zero-order valence-corrected chi connectivity index (χ0v) is 19.7. The molecule has 0 aliphatic heterocycles. The third kappa shape index (κ3) is 5.85. The first-order chi connectivity index (χ1) is 15.6. The molecule has 33 heavy (non-hydrogen) atoms. The number of nitrogens with zero attached hydrogens (tertiary/aromatic N) is 3. The predicted molar refractivity (Wildman–Crippen MR) is 123 cm³/mol. The van der Waals surface area contributed by atoms with E-state index in [2.05, 4.69) is 10.4 Å². The van der Waals surface area contributed by atoms with Crippen molar-refractivity contribution in [2.45, 2.75) is 31.4 Å². The Kier molecular flexibility index (Phi) is 7.29. The van der Waals surface area contributed by atoms with Crippen LogP contribution in [0.1, 0.15) is 28.4 Å². The molecule has 0 aliphatic carbocycles. The Bertz CT molecular complexity index is 1250. The quantitative estimate of drug-likeness (QED) is 0.507. The van der Waals surface area contributed by atoms with E-state index in [4.69, 9.17) is 4.74 Å². The smallest absolute Gasteiger partial charge is 0.342 e. The summed E-state index contributed by atoms with van der Waals surface area (Å²) >= 11 is 0. The van der Waals surface area contributed by atoms with Crippen molar-refractivity contribution in [2.75, 3.05) is 19.4 Å². The fourth-order valence-electron chi connectivity index (χ4n) is 2.95. The third-order valence-corrected chi connectivity index (χ3v) is 6.77. The van der Waals surface area contributed by atoms with Crippen LogP contribution in [0.5, 0.6) is 0 Å². The van der Waals surface area contributed by atoms with E-state index in [0.29, 0.717) is 17.8 Å². The highest BCUT2D eigenvalue weighted by Crippen LogP contribution is 2.22. The topological polar surface area (TPSA) is 111 Å². The summed E-state index contributed by atoms with van der Waals surface area (Å²) in [6.07, 6.45) is 1.83. The molecule has 0 saturated carbocycles. The average molecular weight is 471 g/mol. The minimum Gasteiger partial charge on any atom is -0.449 e. The molecule has 174 valence electrons. The van der Waals surface area contributed by atoms with Gasteiger partial charge in [-0.15, -0.1) is 0 Å². The van der Waals surface area contributed by atoms with Crippen molar-refractivity contribution < 1.29 is 22.7 Å². The molecule has 0 aliphatic rings. The highest BCUT2D eigenvalue weighted by atomic mass is 32.2. The number of hydrogen-bond acceptors (Lipinski definition) is 6. The highest BCUT2D eigenvalue weighted by Gasteiger charge is 2.22. The van der Waals surface area contributed by atoms with Gasteiger partial charge in [0.15, 0.2) is 6.10 Å². The molecule has 2 aromatic carbocycles. The summed E-state index contributed by atoms with van der Waals surface area (Å²) in [5.74, 6) is -1.26. The number of aryl methyl sites for hydroxylation is 1. The van der Waals surface area contributed by atoms with Crippen LogP contribution in [0.2, 0.25) is 0 Å². The summed E-state index contributed by atoms with van der Waals surface area (Å²) in [6.45, 7) is 3.67. The van der Waals surface area contributed by atoms with Gasteiger partial charge in [0.1, 0.15) is 0 Å². The molecule has 1 unspecified atom stereocenters. The van der Waals surface area contributed by atoms with Gasteiger partial charge >= 0.3 is 5.97 Å². The highest BCUT2D eigenvalue weighted by molar-refractivity contribution is 7.89. The number of nitrogens with one attached hydrogen (secondary N) is 1. The van der Waals surface area contributed by atoms with Crippen molar-refractivity contribution in [2.24, 2.45) is 0 Å². The molecule has 3 rings (SSSR count). The van der Waals surface area contributed by atoms with Crippen LogP contribution in [0.3, 0.4) is 0 Å². The molecule has 0 spiro atoms. The Hall–Kier alpha value is -3.50. The molecule has 0 bridgehead atoms. The summed E-state index contributed by atoms with van der Waals surface area (Å²) in [5.41, 5.74) is 2.24. The van der Waals surface area contributed by atoms with Crippen LogP contribution in [0.15, 0.2) is 65.8 Å². The van der Waals surface area contributed by atoms with Crippen LogP contribution in [-0.4, -0.2) is 54.6 Å². The lowest BCUT2D eigenvalue weighted by molar-refractivity contribution is -0.123. The number of hydrogen-bond donors (Lipinski definition) is 1. The van der Waals surface area contributed by atoms with E-state index in [-0.39, 0.29) is 10.5 Å². The van der Waals surface area contributed by atoms with E-state index in [1.165, 1.54) is 39.3 Å². The van der Waals surface area contributed by atoms with Crippen LogP contribution in [0.25, 0.3) is 0 Å². The van der Waals surface area contributed by atoms with Gasteiger partial charge in [-0.3, -0.25) is 9.48 Å². The van der Waals surface area contributed by atoms with E-state index >= 15 is 0 Å². The van der Waals surface area contributed by atoms with Crippen molar-refractivity contribution in [3.63, 3.8) is 0 Å². The van der Waals surface area contributed by atoms with E-state index < -0.39 is 28.0 Å². The van der Waals surface area contributed by atoms with Crippen molar-refractivity contribution in [1.29, 1.82) is 0 Å².